The van der Waals surface area contributed by atoms with E-state index < -0.39 is 17.9 Å². The predicted molar refractivity (Wildman–Crippen MR) is 41.0 cm³/mol. The average molecular weight is 209 g/mol. The third-order valence-electron chi connectivity index (χ3n) is 1.47. The van der Waals surface area contributed by atoms with Gasteiger partial charge in [0.15, 0.2) is 0 Å². The Bertz CT molecular complexity index is 324. The molecule has 0 amide bonds. The molecular formula is C8H7F4NO. The van der Waals surface area contributed by atoms with Gasteiger partial charge in [-0.1, -0.05) is 0 Å². The molecule has 0 aliphatic carbocycles. The van der Waals surface area contributed by atoms with E-state index in [-0.39, 0.29) is 12.1 Å². The molecule has 78 valence electrons. The van der Waals surface area contributed by atoms with Gasteiger partial charge in [-0.05, 0) is 18.2 Å². The monoisotopic (exact) mass is 209 g/mol. The van der Waals surface area contributed by atoms with Crippen LogP contribution in [0.5, 0.6) is 5.75 Å². The van der Waals surface area contributed by atoms with Crippen LogP contribution >= 0.6 is 0 Å². The zero-order chi connectivity index (χ0) is 10.8. The first-order valence-corrected chi connectivity index (χ1v) is 3.66. The van der Waals surface area contributed by atoms with Gasteiger partial charge in [0, 0.05) is 12.1 Å². The smallest absolute Gasteiger partial charge is 0.405 e. The third kappa shape index (κ3) is 2.88. The fraction of sp³-hybridized carbons (Fsp3) is 0.250. The fourth-order valence-electron chi connectivity index (χ4n) is 0.932. The number of benzene rings is 1. The maximum atomic E-state index is 12.6. The van der Waals surface area contributed by atoms with Gasteiger partial charge in [0.25, 0.3) is 0 Å². The highest BCUT2D eigenvalue weighted by molar-refractivity contribution is 5.33. The van der Waals surface area contributed by atoms with Crippen molar-refractivity contribution in [1.82, 2.24) is 0 Å². The van der Waals surface area contributed by atoms with Gasteiger partial charge >= 0.3 is 6.36 Å². The Balaban J connectivity index is 2.97. The summed E-state index contributed by atoms with van der Waals surface area (Å²) in [6.07, 6.45) is -4.79. The third-order valence-corrected chi connectivity index (χ3v) is 1.47. The lowest BCUT2D eigenvalue weighted by Gasteiger charge is -2.11. The van der Waals surface area contributed by atoms with Gasteiger partial charge in [-0.25, -0.2) is 4.39 Å². The molecule has 0 saturated heterocycles. The van der Waals surface area contributed by atoms with Crippen molar-refractivity contribution in [3.05, 3.63) is 29.6 Å². The summed E-state index contributed by atoms with van der Waals surface area (Å²) in [6, 6.07) is 2.67. The largest absolute Gasteiger partial charge is 0.573 e. The highest BCUT2D eigenvalue weighted by Gasteiger charge is 2.31. The Labute approximate surface area is 77.3 Å². The van der Waals surface area contributed by atoms with Crippen molar-refractivity contribution >= 4 is 0 Å². The van der Waals surface area contributed by atoms with Crippen LogP contribution in [0.15, 0.2) is 18.2 Å². The van der Waals surface area contributed by atoms with Gasteiger partial charge in [0.1, 0.15) is 11.6 Å². The first-order valence-electron chi connectivity index (χ1n) is 3.66. The Morgan fingerprint density at radius 3 is 2.43 bits per heavy atom. The molecule has 1 aromatic rings. The molecular weight excluding hydrogens is 202 g/mol. The van der Waals surface area contributed by atoms with Gasteiger partial charge in [0.2, 0.25) is 0 Å². The van der Waals surface area contributed by atoms with Crippen molar-refractivity contribution in [1.29, 1.82) is 0 Å². The highest BCUT2D eigenvalue weighted by Crippen LogP contribution is 2.26. The van der Waals surface area contributed by atoms with Crippen LogP contribution in [-0.4, -0.2) is 6.36 Å². The topological polar surface area (TPSA) is 35.2 Å². The van der Waals surface area contributed by atoms with Crippen molar-refractivity contribution in [2.75, 3.05) is 0 Å². The molecule has 1 aromatic carbocycles. The lowest BCUT2D eigenvalue weighted by molar-refractivity contribution is -0.274. The van der Waals surface area contributed by atoms with Crippen LogP contribution in [0.3, 0.4) is 0 Å². The molecule has 0 fully saturated rings. The number of nitrogens with two attached hydrogens (primary N) is 1. The zero-order valence-corrected chi connectivity index (χ0v) is 6.94. The minimum Gasteiger partial charge on any atom is -0.405 e. The van der Waals surface area contributed by atoms with Gasteiger partial charge in [-0.3, -0.25) is 0 Å². The maximum Gasteiger partial charge on any atom is 0.573 e. The average Bonchev–Trinajstić information content (AvgIpc) is 2.06. The predicted octanol–water partition coefficient (Wildman–Crippen LogP) is 2.18. The summed E-state index contributed by atoms with van der Waals surface area (Å²) >= 11 is 0. The van der Waals surface area contributed by atoms with E-state index in [1.54, 1.807) is 0 Å². The van der Waals surface area contributed by atoms with E-state index in [2.05, 4.69) is 4.74 Å². The van der Waals surface area contributed by atoms with Gasteiger partial charge in [0.05, 0.1) is 0 Å². The molecule has 0 heterocycles. The Kier molecular flexibility index (Phi) is 2.95. The number of hydrogen-bond acceptors (Lipinski definition) is 2. The van der Waals surface area contributed by atoms with E-state index >= 15 is 0 Å². The quantitative estimate of drug-likeness (QED) is 0.757. The standard InChI is InChI=1S/C8H7F4NO/c9-6-1-2-7(5(3-6)4-13)14-8(10,11)12/h1-3H,4,13H2. The molecule has 0 aliphatic rings. The van der Waals surface area contributed by atoms with E-state index in [0.717, 1.165) is 18.2 Å². The molecule has 0 unspecified atom stereocenters. The second-order valence-corrected chi connectivity index (χ2v) is 2.50. The highest BCUT2D eigenvalue weighted by atomic mass is 19.4. The van der Waals surface area contributed by atoms with Gasteiger partial charge < -0.3 is 10.5 Å². The minimum atomic E-state index is -4.79. The summed E-state index contributed by atoms with van der Waals surface area (Å²) in [5.74, 6) is -1.12. The van der Waals surface area contributed by atoms with Gasteiger partial charge in [-0.15, -0.1) is 13.2 Å². The molecule has 2 N–H and O–H groups in total. The molecule has 2 nitrogen and oxygen atoms in total. The van der Waals surface area contributed by atoms with Gasteiger partial charge in [-0.2, -0.15) is 0 Å². The van der Waals surface area contributed by atoms with Crippen molar-refractivity contribution in [2.24, 2.45) is 5.73 Å². The Morgan fingerprint density at radius 1 is 1.29 bits per heavy atom. The summed E-state index contributed by atoms with van der Waals surface area (Å²) in [7, 11) is 0. The summed E-state index contributed by atoms with van der Waals surface area (Å²) in [4.78, 5) is 0. The van der Waals surface area contributed by atoms with Crippen LogP contribution < -0.4 is 10.5 Å². The summed E-state index contributed by atoms with van der Waals surface area (Å²) in [5.41, 5.74) is 5.10. The fourth-order valence-corrected chi connectivity index (χ4v) is 0.932. The number of ether oxygens (including phenoxy) is 1. The van der Waals surface area contributed by atoms with Crippen LogP contribution in [0.4, 0.5) is 17.6 Å². The van der Waals surface area contributed by atoms with Crippen LogP contribution in [-0.2, 0) is 6.54 Å². The molecule has 0 spiro atoms. The SMILES string of the molecule is NCc1cc(F)ccc1OC(F)(F)F. The molecule has 1 rings (SSSR count). The van der Waals surface area contributed by atoms with Crippen molar-refractivity contribution in [3.8, 4) is 5.75 Å². The molecule has 14 heavy (non-hydrogen) atoms. The second kappa shape index (κ2) is 3.83. The second-order valence-electron chi connectivity index (χ2n) is 2.50. The van der Waals surface area contributed by atoms with Crippen molar-refractivity contribution in [2.45, 2.75) is 12.9 Å². The van der Waals surface area contributed by atoms with E-state index in [9.17, 15) is 17.6 Å². The van der Waals surface area contributed by atoms with Crippen LogP contribution in [0, 0.1) is 5.82 Å². The van der Waals surface area contributed by atoms with Crippen LogP contribution in [0.2, 0.25) is 0 Å². The zero-order valence-electron chi connectivity index (χ0n) is 6.94. The molecule has 0 aliphatic heterocycles. The lowest BCUT2D eigenvalue weighted by Crippen LogP contribution is -2.18. The van der Waals surface area contributed by atoms with E-state index in [4.69, 9.17) is 5.73 Å². The maximum absolute atomic E-state index is 12.6. The lowest BCUT2D eigenvalue weighted by atomic mass is 10.2. The Morgan fingerprint density at radius 2 is 1.93 bits per heavy atom. The molecule has 0 atom stereocenters. The number of halogens is 4. The first kappa shape index (κ1) is 10.8. The molecule has 0 aromatic heterocycles. The van der Waals surface area contributed by atoms with E-state index in [1.807, 2.05) is 0 Å². The molecule has 0 saturated carbocycles. The van der Waals surface area contributed by atoms with Crippen LogP contribution in [0.1, 0.15) is 5.56 Å². The number of hydrogen-bond donors (Lipinski definition) is 1. The van der Waals surface area contributed by atoms with Crippen molar-refractivity contribution < 1.29 is 22.3 Å². The van der Waals surface area contributed by atoms with E-state index in [1.165, 1.54) is 0 Å². The minimum absolute atomic E-state index is 0.0256. The number of alkyl halides is 3. The number of rotatable bonds is 2. The van der Waals surface area contributed by atoms with E-state index in [0.29, 0.717) is 0 Å². The molecule has 0 radical (unpaired) electrons. The Hall–Kier alpha value is -1.30. The first-order chi connectivity index (χ1) is 6.42. The normalized spacial score (nSPS) is 11.5. The molecule has 0 bridgehead atoms. The van der Waals surface area contributed by atoms with Crippen LogP contribution in [0.25, 0.3) is 0 Å². The molecule has 6 heteroatoms. The summed E-state index contributed by atoms with van der Waals surface area (Å²) < 4.78 is 51.6. The summed E-state index contributed by atoms with van der Waals surface area (Å²) in [5, 5.41) is 0. The summed E-state index contributed by atoms with van der Waals surface area (Å²) in [6.45, 7) is -0.219. The van der Waals surface area contributed by atoms with Crippen molar-refractivity contribution in [3.63, 3.8) is 0 Å².